The highest BCUT2D eigenvalue weighted by Crippen LogP contribution is 2.27. The van der Waals surface area contributed by atoms with Gasteiger partial charge in [-0.2, -0.15) is 0 Å². The first kappa shape index (κ1) is 22.2. The third-order valence-corrected chi connectivity index (χ3v) is 5.66. The predicted octanol–water partition coefficient (Wildman–Crippen LogP) is 7.90. The van der Waals surface area contributed by atoms with Gasteiger partial charge in [0.05, 0.1) is 5.69 Å². The first-order chi connectivity index (χ1) is 15.9. The van der Waals surface area contributed by atoms with Crippen molar-refractivity contribution in [1.82, 2.24) is 4.98 Å². The van der Waals surface area contributed by atoms with Crippen molar-refractivity contribution >= 4 is 22.8 Å². The molecule has 0 aliphatic rings. The molecular weight excluding hydrogens is 402 g/mol. The molecular formula is C30H29N3. The molecule has 1 heterocycles. The molecule has 3 nitrogen and oxygen atoms in total. The number of aryl methyl sites for hydroxylation is 3. The van der Waals surface area contributed by atoms with E-state index in [1.807, 2.05) is 19.2 Å². The molecule has 1 N–H and O–H groups in total. The molecule has 0 unspecified atom stereocenters. The standard InChI is InChI=1S/C30H29N3/c1-20-15-21(2)17-28(16-20)24(5)32-29-13-8-22(3)30(18-29)33-23(4)25-9-11-26(12-10-25)27-7-6-14-31-19-27/h6-19,32H,5H2,1-4H3. The van der Waals surface area contributed by atoms with E-state index in [0.29, 0.717) is 0 Å². The van der Waals surface area contributed by atoms with Crippen LogP contribution in [0.4, 0.5) is 11.4 Å². The number of rotatable bonds is 6. The molecule has 0 aliphatic carbocycles. The molecule has 33 heavy (non-hydrogen) atoms. The van der Waals surface area contributed by atoms with E-state index < -0.39 is 0 Å². The summed E-state index contributed by atoms with van der Waals surface area (Å²) in [7, 11) is 0. The summed E-state index contributed by atoms with van der Waals surface area (Å²) in [6, 6.07) is 25.2. The summed E-state index contributed by atoms with van der Waals surface area (Å²) in [5.74, 6) is 0. The molecule has 0 radical (unpaired) electrons. The van der Waals surface area contributed by atoms with Gasteiger partial charge in [-0.05, 0) is 85.8 Å². The quantitative estimate of drug-likeness (QED) is 0.315. The van der Waals surface area contributed by atoms with Crippen molar-refractivity contribution < 1.29 is 0 Å². The molecule has 0 amide bonds. The van der Waals surface area contributed by atoms with Gasteiger partial charge in [0.1, 0.15) is 0 Å². The van der Waals surface area contributed by atoms with E-state index in [9.17, 15) is 0 Å². The van der Waals surface area contributed by atoms with E-state index in [1.165, 1.54) is 11.1 Å². The maximum Gasteiger partial charge on any atom is 0.0682 e. The van der Waals surface area contributed by atoms with Gasteiger partial charge < -0.3 is 5.32 Å². The molecule has 0 spiro atoms. The third-order valence-electron chi connectivity index (χ3n) is 5.66. The van der Waals surface area contributed by atoms with E-state index in [-0.39, 0.29) is 0 Å². The zero-order valence-corrected chi connectivity index (χ0v) is 19.7. The first-order valence-corrected chi connectivity index (χ1v) is 11.1. The van der Waals surface area contributed by atoms with Crippen LogP contribution in [-0.2, 0) is 0 Å². The fraction of sp³-hybridized carbons (Fsp3) is 0.133. The monoisotopic (exact) mass is 431 g/mol. The molecule has 0 fully saturated rings. The van der Waals surface area contributed by atoms with Gasteiger partial charge in [0.25, 0.3) is 0 Å². The summed E-state index contributed by atoms with van der Waals surface area (Å²) >= 11 is 0. The zero-order chi connectivity index (χ0) is 23.4. The van der Waals surface area contributed by atoms with Crippen molar-refractivity contribution in [3.8, 4) is 11.1 Å². The number of benzene rings is 3. The molecule has 1 aromatic heterocycles. The minimum absolute atomic E-state index is 0.878. The van der Waals surface area contributed by atoms with Crippen molar-refractivity contribution in [3.05, 3.63) is 120 Å². The lowest BCUT2D eigenvalue weighted by atomic mass is 10.0. The second-order valence-corrected chi connectivity index (χ2v) is 8.50. The van der Waals surface area contributed by atoms with Gasteiger partial charge in [-0.1, -0.05) is 60.2 Å². The summed E-state index contributed by atoms with van der Waals surface area (Å²) < 4.78 is 0. The minimum Gasteiger partial charge on any atom is -0.355 e. The smallest absolute Gasteiger partial charge is 0.0682 e. The molecule has 0 atom stereocenters. The lowest BCUT2D eigenvalue weighted by molar-refractivity contribution is 1.33. The van der Waals surface area contributed by atoms with Crippen LogP contribution in [0, 0.1) is 20.8 Å². The second-order valence-electron chi connectivity index (χ2n) is 8.50. The van der Waals surface area contributed by atoms with Crippen molar-refractivity contribution in [2.75, 3.05) is 5.32 Å². The summed E-state index contributed by atoms with van der Waals surface area (Å²) in [4.78, 5) is 9.14. The van der Waals surface area contributed by atoms with Crippen LogP contribution in [0.1, 0.15) is 34.7 Å². The fourth-order valence-corrected chi connectivity index (χ4v) is 3.89. The molecule has 0 saturated carbocycles. The number of pyridine rings is 1. The normalized spacial score (nSPS) is 11.3. The van der Waals surface area contributed by atoms with E-state index in [1.54, 1.807) is 6.20 Å². The number of aromatic nitrogens is 1. The highest BCUT2D eigenvalue weighted by atomic mass is 14.9. The molecule has 4 aromatic rings. The third kappa shape index (κ3) is 5.45. The number of anilines is 1. The van der Waals surface area contributed by atoms with Crippen LogP contribution in [0.15, 0.2) is 96.8 Å². The van der Waals surface area contributed by atoms with Crippen LogP contribution in [0.5, 0.6) is 0 Å². The highest BCUT2D eigenvalue weighted by molar-refractivity contribution is 6.00. The number of aliphatic imine (C=N–C) groups is 1. The average Bonchev–Trinajstić information content (AvgIpc) is 2.81. The Hall–Kier alpha value is -3.98. The summed E-state index contributed by atoms with van der Waals surface area (Å²) in [6.07, 6.45) is 3.67. The maximum absolute atomic E-state index is 4.93. The number of hydrogen-bond acceptors (Lipinski definition) is 3. The van der Waals surface area contributed by atoms with Crippen LogP contribution < -0.4 is 5.32 Å². The fourth-order valence-electron chi connectivity index (χ4n) is 3.89. The minimum atomic E-state index is 0.878. The Labute approximate surface area is 196 Å². The summed E-state index contributed by atoms with van der Waals surface area (Å²) in [5.41, 5.74) is 11.8. The van der Waals surface area contributed by atoms with Gasteiger partial charge in [-0.25, -0.2) is 0 Å². The Balaban J connectivity index is 1.55. The number of nitrogens with zero attached hydrogens (tertiary/aromatic N) is 2. The highest BCUT2D eigenvalue weighted by Gasteiger charge is 2.06. The molecule has 0 aliphatic heterocycles. The Bertz CT molecular complexity index is 1300. The van der Waals surface area contributed by atoms with Gasteiger partial charge in [0.2, 0.25) is 0 Å². The van der Waals surface area contributed by atoms with Crippen LogP contribution in [-0.4, -0.2) is 10.7 Å². The zero-order valence-electron chi connectivity index (χ0n) is 19.7. The van der Waals surface area contributed by atoms with Crippen molar-refractivity contribution in [1.29, 1.82) is 0 Å². The van der Waals surface area contributed by atoms with Crippen LogP contribution in [0.25, 0.3) is 16.8 Å². The molecule has 0 bridgehead atoms. The molecule has 0 saturated heterocycles. The first-order valence-electron chi connectivity index (χ1n) is 11.1. The lowest BCUT2D eigenvalue weighted by Crippen LogP contribution is -1.99. The largest absolute Gasteiger partial charge is 0.355 e. The topological polar surface area (TPSA) is 37.3 Å². The predicted molar refractivity (Wildman–Crippen MR) is 141 cm³/mol. The van der Waals surface area contributed by atoms with Gasteiger partial charge in [0, 0.05) is 29.5 Å². The molecule has 3 heteroatoms. The Morgan fingerprint density at radius 1 is 0.818 bits per heavy atom. The SMILES string of the molecule is C=C(Nc1ccc(C)c(N=C(C)c2ccc(-c3cccnc3)cc2)c1)c1cc(C)cc(C)c1. The van der Waals surface area contributed by atoms with E-state index >= 15 is 0 Å². The van der Waals surface area contributed by atoms with E-state index in [4.69, 9.17) is 4.99 Å². The summed E-state index contributed by atoms with van der Waals surface area (Å²) in [5, 5.41) is 3.45. The maximum atomic E-state index is 4.93. The molecule has 3 aromatic carbocycles. The van der Waals surface area contributed by atoms with Crippen molar-refractivity contribution in [2.24, 2.45) is 4.99 Å². The lowest BCUT2D eigenvalue weighted by Gasteiger charge is -2.13. The van der Waals surface area contributed by atoms with Crippen LogP contribution in [0.2, 0.25) is 0 Å². The summed E-state index contributed by atoms with van der Waals surface area (Å²) in [6.45, 7) is 12.6. The van der Waals surface area contributed by atoms with Gasteiger partial charge in [-0.3, -0.25) is 9.98 Å². The van der Waals surface area contributed by atoms with Crippen LogP contribution in [0.3, 0.4) is 0 Å². The van der Waals surface area contributed by atoms with Crippen molar-refractivity contribution in [3.63, 3.8) is 0 Å². The van der Waals surface area contributed by atoms with Gasteiger partial charge in [-0.15, -0.1) is 0 Å². The van der Waals surface area contributed by atoms with Crippen molar-refractivity contribution in [2.45, 2.75) is 27.7 Å². The number of hydrogen-bond donors (Lipinski definition) is 1. The van der Waals surface area contributed by atoms with Crippen LogP contribution >= 0.6 is 0 Å². The van der Waals surface area contributed by atoms with E-state index in [0.717, 1.165) is 50.6 Å². The van der Waals surface area contributed by atoms with Gasteiger partial charge >= 0.3 is 0 Å². The van der Waals surface area contributed by atoms with Gasteiger partial charge in [0.15, 0.2) is 0 Å². The molecule has 164 valence electrons. The van der Waals surface area contributed by atoms with E-state index in [2.05, 4.69) is 104 Å². The number of nitrogens with one attached hydrogen (secondary N) is 1. The molecule has 4 rings (SSSR count). The Morgan fingerprint density at radius 2 is 1.55 bits per heavy atom. The Morgan fingerprint density at radius 3 is 2.21 bits per heavy atom. The second kappa shape index (κ2) is 9.66. The average molecular weight is 432 g/mol. The Kier molecular flexibility index (Phi) is 6.50.